The molecule has 9 rings (SSSR count). The number of hydrogen-bond donors (Lipinski definition) is 0. The number of rotatable bonds is 2. The predicted molar refractivity (Wildman–Crippen MR) is 195 cm³/mol. The summed E-state index contributed by atoms with van der Waals surface area (Å²) >= 11 is 0. The Kier molecular flexibility index (Phi) is 5.44. The first kappa shape index (κ1) is 26.7. The molecule has 7 aromatic carbocycles. The largest absolute Gasteiger partial charge is 0.0619 e. The average Bonchev–Trinajstić information content (AvgIpc) is 3.28. The van der Waals surface area contributed by atoms with Crippen molar-refractivity contribution in [3.63, 3.8) is 0 Å². The van der Waals surface area contributed by atoms with E-state index in [1.54, 1.807) is 0 Å². The number of allylic oxidation sites excluding steroid dienone is 4. The fourth-order valence-electron chi connectivity index (χ4n) is 8.44. The Morgan fingerprint density at radius 2 is 1.22 bits per heavy atom. The van der Waals surface area contributed by atoms with Gasteiger partial charge in [-0.25, -0.2) is 0 Å². The highest BCUT2D eigenvalue weighted by molar-refractivity contribution is 6.25. The van der Waals surface area contributed by atoms with E-state index in [0.717, 1.165) is 6.42 Å². The normalized spacial score (nSPS) is 17.6. The molecule has 0 bridgehead atoms. The molecule has 2 aliphatic carbocycles. The smallest absolute Gasteiger partial charge is 0.00206 e. The van der Waals surface area contributed by atoms with E-state index >= 15 is 0 Å². The third-order valence-electron chi connectivity index (χ3n) is 11.1. The molecule has 45 heavy (non-hydrogen) atoms. The minimum absolute atomic E-state index is 0.118. The van der Waals surface area contributed by atoms with E-state index in [2.05, 4.69) is 156 Å². The van der Waals surface area contributed by atoms with Crippen molar-refractivity contribution < 1.29 is 0 Å². The van der Waals surface area contributed by atoms with Crippen molar-refractivity contribution in [2.45, 2.75) is 51.9 Å². The van der Waals surface area contributed by atoms with Crippen molar-refractivity contribution in [3.05, 3.63) is 144 Å². The van der Waals surface area contributed by atoms with Crippen LogP contribution in [0, 0.1) is 5.92 Å². The van der Waals surface area contributed by atoms with Gasteiger partial charge >= 0.3 is 0 Å². The van der Waals surface area contributed by atoms with Gasteiger partial charge in [0.25, 0.3) is 0 Å². The van der Waals surface area contributed by atoms with E-state index < -0.39 is 0 Å². The lowest BCUT2D eigenvalue weighted by molar-refractivity contribution is 0.418. The fourth-order valence-corrected chi connectivity index (χ4v) is 8.44. The minimum atomic E-state index is 0.118. The molecule has 0 aromatic heterocycles. The maximum absolute atomic E-state index is 2.42. The van der Waals surface area contributed by atoms with Gasteiger partial charge in [0, 0.05) is 0 Å². The Bertz CT molecular complexity index is 2380. The van der Waals surface area contributed by atoms with Gasteiger partial charge in [-0.1, -0.05) is 144 Å². The Hall–Kier alpha value is -4.68. The maximum Gasteiger partial charge on any atom is -0.00206 e. The minimum Gasteiger partial charge on any atom is -0.0619 e. The van der Waals surface area contributed by atoms with Crippen LogP contribution >= 0.6 is 0 Å². The van der Waals surface area contributed by atoms with Gasteiger partial charge in [-0.15, -0.1) is 0 Å². The van der Waals surface area contributed by atoms with Crippen LogP contribution in [-0.2, 0) is 10.8 Å². The summed E-state index contributed by atoms with van der Waals surface area (Å²) in [4.78, 5) is 0. The van der Waals surface area contributed by atoms with Crippen LogP contribution in [0.15, 0.2) is 121 Å². The number of hydrogen-bond acceptors (Lipinski definition) is 0. The van der Waals surface area contributed by atoms with Crippen LogP contribution in [0.25, 0.3) is 65.4 Å². The molecule has 0 heteroatoms. The SMILES string of the molecule is CC(C)(C)c1cc2ccc3ccc(-c4ccc5cc(C6=CC=C7c8ccccc8C(C)(C)C7C6)ccc5c4)c4ccc(c1)c2c34. The van der Waals surface area contributed by atoms with Gasteiger partial charge in [-0.2, -0.15) is 0 Å². The molecule has 0 nitrogen and oxygen atoms in total. The molecule has 0 saturated heterocycles. The Morgan fingerprint density at radius 1 is 0.578 bits per heavy atom. The molecule has 2 aliphatic rings. The average molecular weight is 579 g/mol. The van der Waals surface area contributed by atoms with Crippen LogP contribution in [0.3, 0.4) is 0 Å². The molecule has 0 N–H and O–H groups in total. The van der Waals surface area contributed by atoms with Gasteiger partial charge < -0.3 is 0 Å². The van der Waals surface area contributed by atoms with Gasteiger partial charge in [0.15, 0.2) is 0 Å². The lowest BCUT2D eigenvalue weighted by Crippen LogP contribution is -2.24. The van der Waals surface area contributed by atoms with Crippen molar-refractivity contribution in [1.29, 1.82) is 0 Å². The standard InChI is InChI=1S/C45H38/c1-44(2,3)35-24-33-15-10-27-16-19-36(39-21-18-34(25-35)42(33)43(27)39)32-14-13-28-22-29(11-12-30(28)23-32)31-17-20-38-37-8-6-7-9-40(37)45(4,5)41(38)26-31/h6-25,41H,26H2,1-5H3. The van der Waals surface area contributed by atoms with E-state index in [9.17, 15) is 0 Å². The quantitative estimate of drug-likeness (QED) is 0.179. The van der Waals surface area contributed by atoms with Crippen LogP contribution in [0.2, 0.25) is 0 Å². The molecule has 1 unspecified atom stereocenters. The molecule has 0 fully saturated rings. The summed E-state index contributed by atoms with van der Waals surface area (Å²) in [7, 11) is 0. The van der Waals surface area contributed by atoms with Crippen LogP contribution < -0.4 is 0 Å². The van der Waals surface area contributed by atoms with Crippen molar-refractivity contribution >= 4 is 54.2 Å². The van der Waals surface area contributed by atoms with Gasteiger partial charge in [-0.05, 0) is 123 Å². The zero-order valence-electron chi connectivity index (χ0n) is 26.8. The molecule has 0 radical (unpaired) electrons. The summed E-state index contributed by atoms with van der Waals surface area (Å²) in [6.45, 7) is 11.7. The molecule has 0 saturated carbocycles. The highest BCUT2D eigenvalue weighted by Crippen LogP contribution is 2.54. The van der Waals surface area contributed by atoms with Gasteiger partial charge in [-0.3, -0.25) is 0 Å². The third kappa shape index (κ3) is 3.91. The maximum atomic E-state index is 2.42. The van der Waals surface area contributed by atoms with Crippen molar-refractivity contribution in [2.24, 2.45) is 5.92 Å². The number of fused-ring (bicyclic) bond motifs is 4. The first-order chi connectivity index (χ1) is 21.7. The second-order valence-corrected chi connectivity index (χ2v) is 15.1. The summed E-state index contributed by atoms with van der Waals surface area (Å²) in [5.41, 5.74) is 11.4. The van der Waals surface area contributed by atoms with E-state index in [0.29, 0.717) is 5.92 Å². The van der Waals surface area contributed by atoms with Crippen LogP contribution in [-0.4, -0.2) is 0 Å². The lowest BCUT2D eigenvalue weighted by atomic mass is 9.72. The number of benzene rings is 7. The molecule has 1 atom stereocenters. The topological polar surface area (TPSA) is 0 Å². The van der Waals surface area contributed by atoms with Crippen LogP contribution in [0.5, 0.6) is 0 Å². The second kappa shape index (κ2) is 9.18. The Labute approximate surface area is 266 Å². The molecular formula is C45H38. The second-order valence-electron chi connectivity index (χ2n) is 15.1. The summed E-state index contributed by atoms with van der Waals surface area (Å²) < 4.78 is 0. The van der Waals surface area contributed by atoms with E-state index in [-0.39, 0.29) is 10.8 Å². The van der Waals surface area contributed by atoms with Crippen molar-refractivity contribution in [2.75, 3.05) is 0 Å². The van der Waals surface area contributed by atoms with Gasteiger partial charge in [0.2, 0.25) is 0 Å². The predicted octanol–water partition coefficient (Wildman–Crippen LogP) is 12.5. The summed E-state index contributed by atoms with van der Waals surface area (Å²) in [6.07, 6.45) is 5.84. The zero-order valence-corrected chi connectivity index (χ0v) is 26.8. The molecular weight excluding hydrogens is 540 g/mol. The fraction of sp³-hybridized carbons (Fsp3) is 0.200. The van der Waals surface area contributed by atoms with Crippen molar-refractivity contribution in [1.82, 2.24) is 0 Å². The lowest BCUT2D eigenvalue weighted by Gasteiger charge is -2.31. The molecule has 0 spiro atoms. The third-order valence-corrected chi connectivity index (χ3v) is 11.1. The van der Waals surface area contributed by atoms with E-state index in [1.807, 2.05) is 0 Å². The Morgan fingerprint density at radius 3 is 2.00 bits per heavy atom. The highest BCUT2D eigenvalue weighted by Gasteiger charge is 2.43. The van der Waals surface area contributed by atoms with Gasteiger partial charge in [0.1, 0.15) is 0 Å². The molecule has 7 aromatic rings. The molecule has 0 heterocycles. The first-order valence-corrected chi connectivity index (χ1v) is 16.4. The summed E-state index contributed by atoms with van der Waals surface area (Å²) in [5.74, 6) is 0.516. The zero-order chi connectivity index (χ0) is 30.7. The first-order valence-electron chi connectivity index (χ1n) is 16.4. The molecule has 0 aliphatic heterocycles. The van der Waals surface area contributed by atoms with Crippen LogP contribution in [0.1, 0.15) is 63.3 Å². The van der Waals surface area contributed by atoms with E-state index in [1.165, 1.54) is 87.6 Å². The summed E-state index contributed by atoms with van der Waals surface area (Å²) in [5, 5.41) is 10.7. The van der Waals surface area contributed by atoms with Gasteiger partial charge in [0.05, 0.1) is 0 Å². The molecule has 0 amide bonds. The van der Waals surface area contributed by atoms with Crippen molar-refractivity contribution in [3.8, 4) is 11.1 Å². The highest BCUT2D eigenvalue weighted by atomic mass is 14.5. The Balaban J connectivity index is 1.11. The van der Waals surface area contributed by atoms with Crippen LogP contribution in [0.4, 0.5) is 0 Å². The monoisotopic (exact) mass is 578 g/mol. The molecule has 218 valence electrons. The summed E-state index contributed by atoms with van der Waals surface area (Å²) in [6, 6.07) is 41.8. The van der Waals surface area contributed by atoms with E-state index in [4.69, 9.17) is 0 Å².